The van der Waals surface area contributed by atoms with Crippen molar-refractivity contribution >= 4 is 5.96 Å². The van der Waals surface area contributed by atoms with E-state index in [0.29, 0.717) is 11.8 Å². The molecule has 0 saturated carbocycles. The van der Waals surface area contributed by atoms with E-state index in [9.17, 15) is 0 Å². The van der Waals surface area contributed by atoms with Gasteiger partial charge < -0.3 is 10.6 Å². The Kier molecular flexibility index (Phi) is 7.04. The van der Waals surface area contributed by atoms with Crippen LogP contribution in [0.4, 0.5) is 0 Å². The van der Waals surface area contributed by atoms with Crippen molar-refractivity contribution in [3.8, 4) is 0 Å². The molecule has 2 atom stereocenters. The third-order valence-corrected chi connectivity index (χ3v) is 4.37. The first-order valence-corrected chi connectivity index (χ1v) is 9.00. The first-order chi connectivity index (χ1) is 12.0. The highest BCUT2D eigenvalue weighted by molar-refractivity contribution is 5.79. The van der Waals surface area contributed by atoms with Crippen molar-refractivity contribution in [2.24, 2.45) is 10.9 Å². The normalized spacial score (nSPS) is 14.2. The molecule has 2 aromatic rings. The highest BCUT2D eigenvalue weighted by atomic mass is 15.3. The SMILES string of the molecule is CN=C(NCC(C)Cn1nc(C)cc1C)NCC(C)c1ccccc1. The third kappa shape index (κ3) is 5.93. The number of nitrogens with one attached hydrogen (secondary N) is 2. The first-order valence-electron chi connectivity index (χ1n) is 9.00. The van der Waals surface area contributed by atoms with E-state index in [-0.39, 0.29) is 0 Å². The summed E-state index contributed by atoms with van der Waals surface area (Å²) in [5.41, 5.74) is 3.62. The van der Waals surface area contributed by atoms with E-state index in [2.05, 4.69) is 76.5 Å². The van der Waals surface area contributed by atoms with Gasteiger partial charge in [-0.25, -0.2) is 0 Å². The Balaban J connectivity index is 1.77. The van der Waals surface area contributed by atoms with Crippen molar-refractivity contribution in [1.82, 2.24) is 20.4 Å². The van der Waals surface area contributed by atoms with Crippen LogP contribution in [0, 0.1) is 19.8 Å². The van der Waals surface area contributed by atoms with Crippen LogP contribution in [0.3, 0.4) is 0 Å². The predicted molar refractivity (Wildman–Crippen MR) is 105 cm³/mol. The number of benzene rings is 1. The number of nitrogens with zero attached hydrogens (tertiary/aromatic N) is 3. The van der Waals surface area contributed by atoms with Gasteiger partial charge in [0.15, 0.2) is 5.96 Å². The second-order valence-electron chi connectivity index (χ2n) is 6.86. The van der Waals surface area contributed by atoms with Crippen LogP contribution in [0.25, 0.3) is 0 Å². The lowest BCUT2D eigenvalue weighted by molar-refractivity contribution is 0.435. The van der Waals surface area contributed by atoms with E-state index >= 15 is 0 Å². The van der Waals surface area contributed by atoms with Crippen molar-refractivity contribution in [2.45, 2.75) is 40.2 Å². The summed E-state index contributed by atoms with van der Waals surface area (Å²) in [6.07, 6.45) is 0. The van der Waals surface area contributed by atoms with Gasteiger partial charge in [0.1, 0.15) is 0 Å². The van der Waals surface area contributed by atoms with Gasteiger partial charge in [-0.3, -0.25) is 9.67 Å². The molecule has 25 heavy (non-hydrogen) atoms. The summed E-state index contributed by atoms with van der Waals surface area (Å²) in [6, 6.07) is 12.7. The number of aromatic nitrogens is 2. The molecule has 0 spiro atoms. The van der Waals surface area contributed by atoms with Crippen molar-refractivity contribution in [1.29, 1.82) is 0 Å². The minimum atomic E-state index is 0.437. The van der Waals surface area contributed by atoms with Gasteiger partial charge in [-0.15, -0.1) is 0 Å². The number of aliphatic imine (C=N–C) groups is 1. The third-order valence-electron chi connectivity index (χ3n) is 4.37. The largest absolute Gasteiger partial charge is 0.356 e. The molecule has 1 aromatic carbocycles. The van der Waals surface area contributed by atoms with E-state index in [4.69, 9.17) is 0 Å². The van der Waals surface area contributed by atoms with Crippen molar-refractivity contribution in [3.05, 3.63) is 53.3 Å². The fourth-order valence-corrected chi connectivity index (χ4v) is 2.86. The van der Waals surface area contributed by atoms with Gasteiger partial charge in [-0.1, -0.05) is 44.2 Å². The molecule has 2 N–H and O–H groups in total. The van der Waals surface area contributed by atoms with Crippen LogP contribution in [0.15, 0.2) is 41.4 Å². The van der Waals surface area contributed by atoms with Gasteiger partial charge in [-0.2, -0.15) is 5.10 Å². The molecular weight excluding hydrogens is 310 g/mol. The predicted octanol–water partition coefficient (Wildman–Crippen LogP) is 3.10. The minimum Gasteiger partial charge on any atom is -0.356 e. The topological polar surface area (TPSA) is 54.2 Å². The molecule has 2 unspecified atom stereocenters. The molecule has 2 rings (SSSR count). The molecule has 1 heterocycles. The number of hydrogen-bond acceptors (Lipinski definition) is 2. The summed E-state index contributed by atoms with van der Waals surface area (Å²) in [5, 5.41) is 11.4. The van der Waals surface area contributed by atoms with Crippen molar-refractivity contribution in [3.63, 3.8) is 0 Å². The van der Waals surface area contributed by atoms with Crippen LogP contribution < -0.4 is 10.6 Å². The van der Waals surface area contributed by atoms with E-state index in [1.807, 2.05) is 20.0 Å². The Morgan fingerprint density at radius 3 is 2.40 bits per heavy atom. The Morgan fingerprint density at radius 1 is 1.12 bits per heavy atom. The summed E-state index contributed by atoms with van der Waals surface area (Å²) < 4.78 is 2.08. The lowest BCUT2D eigenvalue weighted by Crippen LogP contribution is -2.41. The number of aryl methyl sites for hydroxylation is 2. The average molecular weight is 342 g/mol. The fraction of sp³-hybridized carbons (Fsp3) is 0.500. The monoisotopic (exact) mass is 341 g/mol. The van der Waals surface area contributed by atoms with Crippen molar-refractivity contribution < 1.29 is 0 Å². The maximum atomic E-state index is 4.53. The highest BCUT2D eigenvalue weighted by Gasteiger charge is 2.09. The summed E-state index contributed by atoms with van der Waals surface area (Å²) in [6.45, 7) is 11.2. The molecule has 136 valence electrons. The van der Waals surface area contributed by atoms with Gasteiger partial charge in [0.05, 0.1) is 5.69 Å². The Bertz CT molecular complexity index is 675. The van der Waals surface area contributed by atoms with Gasteiger partial charge in [0.25, 0.3) is 0 Å². The zero-order valence-electron chi connectivity index (χ0n) is 16.1. The lowest BCUT2D eigenvalue weighted by Gasteiger charge is -2.19. The van der Waals surface area contributed by atoms with Crippen LogP contribution in [0.1, 0.15) is 36.7 Å². The molecular formula is C20H31N5. The molecule has 0 bridgehead atoms. The standard InChI is InChI=1S/C20H31N5/c1-15(14-25-18(4)11-17(3)24-25)12-22-20(21-5)23-13-16(2)19-9-7-6-8-10-19/h6-11,15-16H,12-14H2,1-5H3,(H2,21,22,23). The quantitative estimate of drug-likeness (QED) is 0.601. The minimum absolute atomic E-state index is 0.437. The summed E-state index contributed by atoms with van der Waals surface area (Å²) in [7, 11) is 1.81. The van der Waals surface area contributed by atoms with Crippen molar-refractivity contribution in [2.75, 3.05) is 20.1 Å². The van der Waals surface area contributed by atoms with Crippen LogP contribution in [0.2, 0.25) is 0 Å². The molecule has 0 aliphatic heterocycles. The summed E-state index contributed by atoms with van der Waals surface area (Å²) >= 11 is 0. The highest BCUT2D eigenvalue weighted by Crippen LogP contribution is 2.12. The molecule has 0 amide bonds. The Labute approximate surface area is 151 Å². The maximum Gasteiger partial charge on any atom is 0.191 e. The van der Waals surface area contributed by atoms with Gasteiger partial charge in [0.2, 0.25) is 0 Å². The molecule has 0 saturated heterocycles. The zero-order chi connectivity index (χ0) is 18.2. The fourth-order valence-electron chi connectivity index (χ4n) is 2.86. The molecule has 0 fully saturated rings. The second-order valence-corrected chi connectivity index (χ2v) is 6.86. The molecule has 0 radical (unpaired) electrons. The average Bonchev–Trinajstić information content (AvgIpc) is 2.92. The van der Waals surface area contributed by atoms with E-state index in [0.717, 1.165) is 31.3 Å². The number of hydrogen-bond donors (Lipinski definition) is 2. The Hall–Kier alpha value is -2.30. The molecule has 5 heteroatoms. The van der Waals surface area contributed by atoms with Crippen LogP contribution in [-0.2, 0) is 6.54 Å². The smallest absolute Gasteiger partial charge is 0.191 e. The van der Waals surface area contributed by atoms with Crippen LogP contribution in [-0.4, -0.2) is 35.9 Å². The molecule has 0 aliphatic rings. The maximum absolute atomic E-state index is 4.53. The van der Waals surface area contributed by atoms with Gasteiger partial charge in [-0.05, 0) is 37.3 Å². The molecule has 5 nitrogen and oxygen atoms in total. The number of guanidine groups is 1. The summed E-state index contributed by atoms with van der Waals surface area (Å²) in [5.74, 6) is 1.75. The number of rotatable bonds is 7. The van der Waals surface area contributed by atoms with Crippen LogP contribution >= 0.6 is 0 Å². The molecule has 1 aromatic heterocycles. The van der Waals surface area contributed by atoms with E-state index < -0.39 is 0 Å². The van der Waals surface area contributed by atoms with Gasteiger partial charge >= 0.3 is 0 Å². The lowest BCUT2D eigenvalue weighted by atomic mass is 10.0. The summed E-state index contributed by atoms with van der Waals surface area (Å²) in [4.78, 5) is 4.33. The Morgan fingerprint density at radius 2 is 1.80 bits per heavy atom. The molecule has 0 aliphatic carbocycles. The van der Waals surface area contributed by atoms with E-state index in [1.54, 1.807) is 0 Å². The first kappa shape index (κ1) is 19.0. The second kappa shape index (κ2) is 9.25. The zero-order valence-corrected chi connectivity index (χ0v) is 16.1. The van der Waals surface area contributed by atoms with E-state index in [1.165, 1.54) is 11.3 Å². The van der Waals surface area contributed by atoms with Gasteiger partial charge in [0, 0.05) is 32.4 Å². The van der Waals surface area contributed by atoms with Crippen LogP contribution in [0.5, 0.6) is 0 Å².